The van der Waals surface area contributed by atoms with Crippen LogP contribution in [0.3, 0.4) is 0 Å². The molecule has 6 heteroatoms. The zero-order chi connectivity index (χ0) is 15.1. The van der Waals surface area contributed by atoms with Gasteiger partial charge in [-0.05, 0) is 24.9 Å². The molecule has 0 radical (unpaired) electrons. The Kier molecular flexibility index (Phi) is 3.35. The van der Waals surface area contributed by atoms with E-state index in [2.05, 4.69) is 15.2 Å². The number of para-hydroxylation sites is 1. The number of thiazole rings is 1. The number of carbonyl (C=O) groups excluding carboxylic acids is 1. The maximum absolute atomic E-state index is 12.4. The van der Waals surface area contributed by atoms with E-state index in [4.69, 9.17) is 5.73 Å². The van der Waals surface area contributed by atoms with Crippen molar-refractivity contribution in [3.05, 3.63) is 35.5 Å². The van der Waals surface area contributed by atoms with E-state index in [1.54, 1.807) is 6.20 Å². The van der Waals surface area contributed by atoms with Gasteiger partial charge in [-0.3, -0.25) is 4.79 Å². The highest BCUT2D eigenvalue weighted by atomic mass is 32.1. The molecule has 3 atom stereocenters. The first-order valence-corrected chi connectivity index (χ1v) is 8.36. The van der Waals surface area contributed by atoms with Gasteiger partial charge in [0.2, 0.25) is 0 Å². The zero-order valence-electron chi connectivity index (χ0n) is 12.2. The molecule has 5 nitrogen and oxygen atoms in total. The monoisotopic (exact) mass is 314 g/mol. The molecular weight excluding hydrogens is 296 g/mol. The van der Waals surface area contributed by atoms with Crippen LogP contribution in [-0.4, -0.2) is 41.5 Å². The van der Waals surface area contributed by atoms with E-state index < -0.39 is 0 Å². The Morgan fingerprint density at radius 3 is 2.95 bits per heavy atom. The van der Waals surface area contributed by atoms with Gasteiger partial charge in [-0.15, -0.1) is 11.3 Å². The van der Waals surface area contributed by atoms with Gasteiger partial charge in [-0.2, -0.15) is 0 Å². The summed E-state index contributed by atoms with van der Waals surface area (Å²) in [6.45, 7) is 3.26. The van der Waals surface area contributed by atoms with Gasteiger partial charge in [0.15, 0.2) is 5.01 Å². The fraction of sp³-hybridized carbons (Fsp3) is 0.375. The molecule has 3 N–H and O–H groups in total. The second-order valence-corrected chi connectivity index (χ2v) is 7.04. The molecule has 114 valence electrons. The van der Waals surface area contributed by atoms with Crippen molar-refractivity contribution in [1.29, 1.82) is 0 Å². The van der Waals surface area contributed by atoms with Crippen LogP contribution in [0.15, 0.2) is 30.5 Å². The first kappa shape index (κ1) is 13.7. The SMILES string of the molecule is Nc1ccccc1-c1cnc(C(=O)NC2CN3CC[C@H]2C3)s1. The maximum Gasteiger partial charge on any atom is 0.280 e. The third-order valence-electron chi connectivity index (χ3n) is 4.58. The Balaban J connectivity index is 1.49. The number of nitrogen functional groups attached to an aromatic ring is 1. The number of nitrogens with two attached hydrogens (primary N) is 1. The van der Waals surface area contributed by atoms with Crippen LogP contribution in [0.4, 0.5) is 5.69 Å². The lowest BCUT2D eigenvalue weighted by atomic mass is 10.0. The quantitative estimate of drug-likeness (QED) is 0.848. The van der Waals surface area contributed by atoms with Gasteiger partial charge >= 0.3 is 0 Å². The van der Waals surface area contributed by atoms with Crippen LogP contribution in [0.2, 0.25) is 0 Å². The number of nitrogens with one attached hydrogen (secondary N) is 1. The molecule has 0 aliphatic carbocycles. The van der Waals surface area contributed by atoms with Crippen LogP contribution in [0.25, 0.3) is 10.4 Å². The summed E-state index contributed by atoms with van der Waals surface area (Å²) in [6.07, 6.45) is 2.92. The number of rotatable bonds is 3. The molecule has 1 aromatic heterocycles. The maximum atomic E-state index is 12.4. The lowest BCUT2D eigenvalue weighted by Gasteiger charge is -2.22. The lowest BCUT2D eigenvalue weighted by Crippen LogP contribution is -2.43. The summed E-state index contributed by atoms with van der Waals surface area (Å²) < 4.78 is 0. The first-order valence-electron chi connectivity index (χ1n) is 7.54. The number of aromatic nitrogens is 1. The number of amides is 1. The molecule has 2 aliphatic rings. The van der Waals surface area contributed by atoms with Crippen molar-refractivity contribution in [3.63, 3.8) is 0 Å². The number of fused-ring (bicyclic) bond motifs is 2. The molecule has 3 heterocycles. The zero-order valence-corrected chi connectivity index (χ0v) is 13.0. The van der Waals surface area contributed by atoms with Gasteiger partial charge < -0.3 is 16.0 Å². The Hall–Kier alpha value is -1.92. The predicted molar refractivity (Wildman–Crippen MR) is 87.8 cm³/mol. The van der Waals surface area contributed by atoms with Crippen molar-refractivity contribution < 1.29 is 4.79 Å². The van der Waals surface area contributed by atoms with E-state index in [-0.39, 0.29) is 11.9 Å². The number of benzene rings is 1. The summed E-state index contributed by atoms with van der Waals surface area (Å²) in [5, 5.41) is 3.65. The Morgan fingerprint density at radius 2 is 2.23 bits per heavy atom. The molecule has 2 aliphatic heterocycles. The predicted octanol–water partition coefficient (Wildman–Crippen LogP) is 1.83. The summed E-state index contributed by atoms with van der Waals surface area (Å²) in [6, 6.07) is 7.93. The highest BCUT2D eigenvalue weighted by molar-refractivity contribution is 7.17. The molecule has 4 rings (SSSR count). The standard InChI is InChI=1S/C16H18N4OS/c17-12-4-2-1-3-11(12)14-7-18-16(22-14)15(21)19-13-9-20-6-5-10(13)8-20/h1-4,7,10,13H,5-6,8-9,17H2,(H,19,21)/t10-,13?/m0/s1. The number of piperidine rings is 1. The summed E-state index contributed by atoms with van der Waals surface area (Å²) in [5.74, 6) is 0.539. The molecule has 1 aromatic carbocycles. The van der Waals surface area contributed by atoms with E-state index in [9.17, 15) is 4.79 Å². The third kappa shape index (κ3) is 2.38. The van der Waals surface area contributed by atoms with Gasteiger partial charge in [0, 0.05) is 36.6 Å². The molecular formula is C16H18N4OS. The number of nitrogens with zero attached hydrogens (tertiary/aromatic N) is 2. The molecule has 1 amide bonds. The second kappa shape index (κ2) is 5.37. The van der Waals surface area contributed by atoms with Crippen molar-refractivity contribution >= 4 is 22.9 Å². The molecule has 2 bridgehead atoms. The number of hydrogen-bond acceptors (Lipinski definition) is 5. The molecule has 2 fully saturated rings. The topological polar surface area (TPSA) is 71.2 Å². The van der Waals surface area contributed by atoms with Crippen LogP contribution >= 0.6 is 11.3 Å². The average Bonchev–Trinajstić information content (AvgIpc) is 3.24. The molecule has 2 saturated heterocycles. The minimum Gasteiger partial charge on any atom is -0.398 e. The second-order valence-electron chi connectivity index (χ2n) is 6.01. The minimum atomic E-state index is -0.0653. The van der Waals surface area contributed by atoms with E-state index in [1.165, 1.54) is 24.3 Å². The molecule has 22 heavy (non-hydrogen) atoms. The third-order valence-corrected chi connectivity index (χ3v) is 5.60. The van der Waals surface area contributed by atoms with Crippen molar-refractivity contribution in [2.24, 2.45) is 5.92 Å². The normalized spacial score (nSPS) is 26.3. The molecule has 2 unspecified atom stereocenters. The van der Waals surface area contributed by atoms with E-state index in [1.807, 2.05) is 24.3 Å². The Morgan fingerprint density at radius 1 is 1.36 bits per heavy atom. The number of anilines is 1. The minimum absolute atomic E-state index is 0.0653. The van der Waals surface area contributed by atoms with E-state index >= 15 is 0 Å². The summed E-state index contributed by atoms with van der Waals surface area (Å²) >= 11 is 1.39. The van der Waals surface area contributed by atoms with Gasteiger partial charge in [0.05, 0.1) is 4.88 Å². The van der Waals surface area contributed by atoms with Crippen LogP contribution in [0, 0.1) is 5.92 Å². The fourth-order valence-electron chi connectivity index (χ4n) is 3.40. The van der Waals surface area contributed by atoms with Gasteiger partial charge in [-0.1, -0.05) is 18.2 Å². The Labute approximate surface area is 133 Å². The van der Waals surface area contributed by atoms with E-state index in [0.717, 1.165) is 23.5 Å². The van der Waals surface area contributed by atoms with Crippen molar-refractivity contribution in [2.45, 2.75) is 12.5 Å². The van der Waals surface area contributed by atoms with Gasteiger partial charge in [0.25, 0.3) is 5.91 Å². The summed E-state index contributed by atoms with van der Waals surface area (Å²) in [5.41, 5.74) is 7.63. The lowest BCUT2D eigenvalue weighted by molar-refractivity contribution is 0.0924. The van der Waals surface area contributed by atoms with Crippen LogP contribution in [0.5, 0.6) is 0 Å². The van der Waals surface area contributed by atoms with Crippen LogP contribution < -0.4 is 11.1 Å². The van der Waals surface area contributed by atoms with Crippen molar-refractivity contribution in [1.82, 2.24) is 15.2 Å². The van der Waals surface area contributed by atoms with E-state index in [0.29, 0.717) is 16.6 Å². The Bertz CT molecular complexity index is 714. The van der Waals surface area contributed by atoms with Crippen LogP contribution in [-0.2, 0) is 0 Å². The fourth-order valence-corrected chi connectivity index (χ4v) is 4.27. The highest BCUT2D eigenvalue weighted by Crippen LogP contribution is 2.31. The number of carbonyl (C=O) groups is 1. The first-order chi connectivity index (χ1) is 10.7. The summed E-state index contributed by atoms with van der Waals surface area (Å²) in [4.78, 5) is 20.0. The smallest absolute Gasteiger partial charge is 0.280 e. The van der Waals surface area contributed by atoms with Crippen molar-refractivity contribution in [3.8, 4) is 10.4 Å². The molecule has 0 saturated carbocycles. The van der Waals surface area contributed by atoms with Gasteiger partial charge in [-0.25, -0.2) is 4.98 Å². The van der Waals surface area contributed by atoms with Crippen LogP contribution in [0.1, 0.15) is 16.2 Å². The highest BCUT2D eigenvalue weighted by Gasteiger charge is 2.38. The average molecular weight is 314 g/mol. The van der Waals surface area contributed by atoms with Crippen molar-refractivity contribution in [2.75, 3.05) is 25.4 Å². The molecule has 0 spiro atoms. The largest absolute Gasteiger partial charge is 0.398 e. The summed E-state index contributed by atoms with van der Waals surface area (Å²) in [7, 11) is 0. The van der Waals surface area contributed by atoms with Gasteiger partial charge in [0.1, 0.15) is 0 Å². The number of hydrogen-bond donors (Lipinski definition) is 2. The molecule has 2 aromatic rings.